The Morgan fingerprint density at radius 2 is 0.635 bits per heavy atom. The number of rotatable bonds is 46. The minimum absolute atomic E-state index is 0.0870. The van der Waals surface area contributed by atoms with Gasteiger partial charge in [0.25, 0.3) is 0 Å². The van der Waals surface area contributed by atoms with E-state index in [0.717, 1.165) is 122 Å². The first-order valence-electron chi connectivity index (χ1n) is 26.1. The van der Waals surface area contributed by atoms with Gasteiger partial charge in [-0.05, 0) is 89.9 Å². The highest BCUT2D eigenvalue weighted by atomic mass is 16.6. The molecule has 1 atom stereocenters. The van der Waals surface area contributed by atoms with Crippen LogP contribution in [0.4, 0.5) is 0 Å². The van der Waals surface area contributed by atoms with E-state index < -0.39 is 6.10 Å². The van der Waals surface area contributed by atoms with Gasteiger partial charge in [0, 0.05) is 19.3 Å². The fourth-order valence-electron chi connectivity index (χ4n) is 6.95. The third-order valence-corrected chi connectivity index (χ3v) is 10.9. The van der Waals surface area contributed by atoms with Crippen molar-refractivity contribution in [2.75, 3.05) is 13.2 Å². The molecule has 360 valence electrons. The second-order valence-corrected chi connectivity index (χ2v) is 17.1. The lowest BCUT2D eigenvalue weighted by Gasteiger charge is -2.18. The summed E-state index contributed by atoms with van der Waals surface area (Å²) in [6.45, 7) is 6.44. The normalized spacial score (nSPS) is 12.7. The van der Waals surface area contributed by atoms with Crippen molar-refractivity contribution in [3.63, 3.8) is 0 Å². The Labute approximate surface area is 388 Å². The van der Waals surface area contributed by atoms with E-state index in [1.807, 2.05) is 0 Å². The van der Waals surface area contributed by atoms with Gasteiger partial charge in [0.15, 0.2) is 6.10 Å². The van der Waals surface area contributed by atoms with Crippen LogP contribution in [0.3, 0.4) is 0 Å². The van der Waals surface area contributed by atoms with Gasteiger partial charge in [0.2, 0.25) is 0 Å². The molecular formula is C57H96O6. The van der Waals surface area contributed by atoms with Crippen molar-refractivity contribution in [3.8, 4) is 0 Å². The van der Waals surface area contributed by atoms with Gasteiger partial charge in [-0.15, -0.1) is 0 Å². The minimum atomic E-state index is -0.788. The van der Waals surface area contributed by atoms with E-state index >= 15 is 0 Å². The van der Waals surface area contributed by atoms with Crippen LogP contribution < -0.4 is 0 Å². The maximum atomic E-state index is 12.7. The molecule has 6 heteroatoms. The summed E-state index contributed by atoms with van der Waals surface area (Å²) in [5.74, 6) is -0.925. The summed E-state index contributed by atoms with van der Waals surface area (Å²) in [6.07, 6.45) is 65.7. The SMILES string of the molecule is CC/C=C\C/C=C\C/C=C\C/C=C\C/C=C\C/C=C\CCCCCCC(=O)OCC(COC(=O)CCCCCCCCCCCCC)OC(=O)CCCCCCC/C=C\CCCC. The number of hydrogen-bond donors (Lipinski definition) is 0. The van der Waals surface area contributed by atoms with E-state index in [4.69, 9.17) is 14.2 Å². The summed E-state index contributed by atoms with van der Waals surface area (Å²) in [7, 11) is 0. The fourth-order valence-corrected chi connectivity index (χ4v) is 6.95. The molecule has 63 heavy (non-hydrogen) atoms. The van der Waals surface area contributed by atoms with Crippen molar-refractivity contribution in [1.29, 1.82) is 0 Å². The smallest absolute Gasteiger partial charge is 0.306 e. The van der Waals surface area contributed by atoms with E-state index in [0.29, 0.717) is 19.3 Å². The lowest BCUT2D eigenvalue weighted by atomic mass is 10.1. The molecule has 0 bridgehead atoms. The molecule has 0 amide bonds. The Hall–Kier alpha value is -3.41. The Morgan fingerprint density at radius 1 is 0.333 bits per heavy atom. The summed E-state index contributed by atoms with van der Waals surface area (Å²) in [5.41, 5.74) is 0. The number of hydrogen-bond acceptors (Lipinski definition) is 6. The summed E-state index contributed by atoms with van der Waals surface area (Å²) in [4.78, 5) is 37.9. The second kappa shape index (κ2) is 51.2. The lowest BCUT2D eigenvalue weighted by Crippen LogP contribution is -2.30. The van der Waals surface area contributed by atoms with Gasteiger partial charge in [-0.3, -0.25) is 14.4 Å². The first kappa shape index (κ1) is 59.6. The number of unbranched alkanes of at least 4 members (excludes halogenated alkanes) is 21. The average Bonchev–Trinajstić information content (AvgIpc) is 3.28. The Bertz CT molecular complexity index is 1240. The second-order valence-electron chi connectivity index (χ2n) is 17.1. The highest BCUT2D eigenvalue weighted by Gasteiger charge is 2.19. The molecular weight excluding hydrogens is 781 g/mol. The molecule has 1 unspecified atom stereocenters. The Balaban J connectivity index is 4.35. The molecule has 0 aliphatic heterocycles. The van der Waals surface area contributed by atoms with Crippen LogP contribution in [-0.4, -0.2) is 37.2 Å². The zero-order chi connectivity index (χ0) is 45.8. The molecule has 0 aliphatic carbocycles. The van der Waals surface area contributed by atoms with Crippen molar-refractivity contribution in [1.82, 2.24) is 0 Å². The highest BCUT2D eigenvalue weighted by Crippen LogP contribution is 2.14. The first-order valence-corrected chi connectivity index (χ1v) is 26.1. The lowest BCUT2D eigenvalue weighted by molar-refractivity contribution is -0.167. The first-order chi connectivity index (χ1) is 31.0. The molecule has 0 aliphatic rings. The maximum Gasteiger partial charge on any atom is 0.306 e. The maximum absolute atomic E-state index is 12.7. The number of esters is 3. The Kier molecular flexibility index (Phi) is 48.5. The van der Waals surface area contributed by atoms with Gasteiger partial charge >= 0.3 is 17.9 Å². The molecule has 0 spiro atoms. The van der Waals surface area contributed by atoms with Crippen LogP contribution >= 0.6 is 0 Å². The minimum Gasteiger partial charge on any atom is -0.462 e. The van der Waals surface area contributed by atoms with Crippen LogP contribution in [0.25, 0.3) is 0 Å². The van der Waals surface area contributed by atoms with Crippen molar-refractivity contribution in [3.05, 3.63) is 85.1 Å². The molecule has 0 saturated carbocycles. The van der Waals surface area contributed by atoms with E-state index in [1.54, 1.807) is 0 Å². The van der Waals surface area contributed by atoms with Crippen LogP contribution in [0, 0.1) is 0 Å². The number of allylic oxidation sites excluding steroid dienone is 14. The molecule has 6 nitrogen and oxygen atoms in total. The standard InChI is InChI=1S/C57H96O6/c1-4-7-10-13-16-19-22-23-24-25-26-27-28-29-30-31-32-33-36-38-41-44-47-50-56(59)62-53-54(63-57(60)51-48-45-42-39-35-21-18-15-12-9-6-3)52-61-55(58)49-46-43-40-37-34-20-17-14-11-8-5-2/h7,10,15-16,18-19,23-24,26-27,29-30,32-33,54H,4-6,8-9,11-14,17,20-22,25,28,31,34-53H2,1-3H3/b10-7-,18-15-,19-16-,24-23-,27-26-,30-29-,33-32-. The third kappa shape index (κ3) is 49.5. The molecule has 0 aromatic heterocycles. The van der Waals surface area contributed by atoms with E-state index in [9.17, 15) is 14.4 Å². The van der Waals surface area contributed by atoms with Gasteiger partial charge in [-0.1, -0.05) is 215 Å². The van der Waals surface area contributed by atoms with Crippen LogP contribution in [0.1, 0.15) is 239 Å². The van der Waals surface area contributed by atoms with Gasteiger partial charge in [0.1, 0.15) is 13.2 Å². The van der Waals surface area contributed by atoms with E-state index in [-0.39, 0.29) is 31.1 Å². The van der Waals surface area contributed by atoms with E-state index in [1.165, 1.54) is 77.0 Å². The van der Waals surface area contributed by atoms with Crippen molar-refractivity contribution < 1.29 is 28.6 Å². The summed E-state index contributed by atoms with van der Waals surface area (Å²) in [6, 6.07) is 0. The molecule has 0 aromatic rings. The molecule has 0 rings (SSSR count). The monoisotopic (exact) mass is 877 g/mol. The fraction of sp³-hybridized carbons (Fsp3) is 0.702. The zero-order valence-corrected chi connectivity index (χ0v) is 41.1. The van der Waals surface area contributed by atoms with Crippen molar-refractivity contribution in [2.24, 2.45) is 0 Å². The zero-order valence-electron chi connectivity index (χ0n) is 41.1. The van der Waals surface area contributed by atoms with Gasteiger partial charge in [-0.2, -0.15) is 0 Å². The molecule has 0 radical (unpaired) electrons. The van der Waals surface area contributed by atoms with Crippen LogP contribution in [0.15, 0.2) is 85.1 Å². The van der Waals surface area contributed by atoms with Crippen LogP contribution in [0.2, 0.25) is 0 Å². The third-order valence-electron chi connectivity index (χ3n) is 10.9. The van der Waals surface area contributed by atoms with Gasteiger partial charge < -0.3 is 14.2 Å². The largest absolute Gasteiger partial charge is 0.462 e. The summed E-state index contributed by atoms with van der Waals surface area (Å²) >= 11 is 0. The predicted molar refractivity (Wildman–Crippen MR) is 270 cm³/mol. The average molecular weight is 877 g/mol. The molecule has 0 aromatic carbocycles. The summed E-state index contributed by atoms with van der Waals surface area (Å²) in [5, 5.41) is 0. The Morgan fingerprint density at radius 3 is 1.03 bits per heavy atom. The highest BCUT2D eigenvalue weighted by molar-refractivity contribution is 5.71. The molecule has 0 N–H and O–H groups in total. The predicted octanol–water partition coefficient (Wildman–Crippen LogP) is 17.2. The number of ether oxygens (including phenoxy) is 3. The van der Waals surface area contributed by atoms with Crippen molar-refractivity contribution >= 4 is 17.9 Å². The molecule has 0 heterocycles. The number of carbonyl (C=O) groups excluding carboxylic acids is 3. The van der Waals surface area contributed by atoms with Gasteiger partial charge in [-0.25, -0.2) is 0 Å². The van der Waals surface area contributed by atoms with Crippen molar-refractivity contribution in [2.45, 2.75) is 245 Å². The quantitative estimate of drug-likeness (QED) is 0.0262. The molecule has 0 fully saturated rings. The van der Waals surface area contributed by atoms with Crippen LogP contribution in [0.5, 0.6) is 0 Å². The van der Waals surface area contributed by atoms with E-state index in [2.05, 4.69) is 106 Å². The number of carbonyl (C=O) groups is 3. The molecule has 0 saturated heterocycles. The summed E-state index contributed by atoms with van der Waals surface area (Å²) < 4.78 is 16.7. The topological polar surface area (TPSA) is 78.9 Å². The van der Waals surface area contributed by atoms with Gasteiger partial charge in [0.05, 0.1) is 0 Å². The van der Waals surface area contributed by atoms with Crippen LogP contribution in [-0.2, 0) is 28.6 Å².